The fraction of sp³-hybridized carbons (Fsp3) is 0.700. The van der Waals surface area contributed by atoms with Gasteiger partial charge in [0.05, 0.1) is 18.7 Å². The highest BCUT2D eigenvalue weighted by molar-refractivity contribution is 5.83. The van der Waals surface area contributed by atoms with Crippen LogP contribution in [0.1, 0.15) is 19.3 Å². The van der Waals surface area contributed by atoms with Crippen LogP contribution in [-0.2, 0) is 9.59 Å². The Labute approximate surface area is 98.3 Å². The number of nitrogens with zero attached hydrogens (tertiary/aromatic N) is 2. The van der Waals surface area contributed by atoms with Gasteiger partial charge in [-0.15, -0.1) is 0 Å². The van der Waals surface area contributed by atoms with Crippen LogP contribution in [0.2, 0.25) is 0 Å². The number of carbonyl (C=O) groups is 2. The molecule has 0 aromatic rings. The Kier molecular flexibility index (Phi) is 4.40. The number of nitriles is 1. The summed E-state index contributed by atoms with van der Waals surface area (Å²) in [6.07, 6.45) is -1.06. The lowest BCUT2D eigenvalue weighted by molar-refractivity contribution is -0.133. The van der Waals surface area contributed by atoms with Crippen LogP contribution in [0.3, 0.4) is 0 Å². The second kappa shape index (κ2) is 5.59. The van der Waals surface area contributed by atoms with Gasteiger partial charge in [0.1, 0.15) is 12.2 Å². The minimum absolute atomic E-state index is 0.00296. The quantitative estimate of drug-likeness (QED) is 0.661. The molecular formula is C10H15FN4O2. The summed E-state index contributed by atoms with van der Waals surface area (Å²) in [5.74, 6) is -1.05. The number of halogens is 1. The summed E-state index contributed by atoms with van der Waals surface area (Å²) in [7, 11) is 0. The van der Waals surface area contributed by atoms with Gasteiger partial charge in [-0.2, -0.15) is 5.26 Å². The minimum atomic E-state index is -1.19. The van der Waals surface area contributed by atoms with Crippen LogP contribution in [-0.4, -0.2) is 41.5 Å². The van der Waals surface area contributed by atoms with E-state index < -0.39 is 30.1 Å². The second-order valence-electron chi connectivity index (χ2n) is 4.08. The van der Waals surface area contributed by atoms with Gasteiger partial charge in [0, 0.05) is 12.8 Å². The molecule has 1 aliphatic heterocycles. The van der Waals surface area contributed by atoms with Crippen molar-refractivity contribution in [2.24, 2.45) is 11.5 Å². The van der Waals surface area contributed by atoms with Crippen molar-refractivity contribution in [2.75, 3.05) is 6.54 Å². The number of likely N-dealkylation sites (tertiary alicyclic amines) is 1. The third kappa shape index (κ3) is 3.39. The summed E-state index contributed by atoms with van der Waals surface area (Å²) in [6.45, 7) is -0.110. The number of hydrogen-bond acceptors (Lipinski definition) is 4. The van der Waals surface area contributed by atoms with Gasteiger partial charge in [-0.05, 0) is 6.42 Å². The van der Waals surface area contributed by atoms with Crippen LogP contribution >= 0.6 is 0 Å². The van der Waals surface area contributed by atoms with E-state index in [0.717, 1.165) is 4.90 Å². The third-order valence-corrected chi connectivity index (χ3v) is 2.70. The first-order valence-corrected chi connectivity index (χ1v) is 5.33. The van der Waals surface area contributed by atoms with E-state index in [4.69, 9.17) is 16.7 Å². The maximum atomic E-state index is 13.1. The molecule has 0 aromatic heterocycles. The molecule has 0 bridgehead atoms. The zero-order valence-corrected chi connectivity index (χ0v) is 9.30. The van der Waals surface area contributed by atoms with Crippen LogP contribution in [0, 0.1) is 11.3 Å². The Hall–Kier alpha value is -1.68. The number of carbonyl (C=O) groups excluding carboxylic acids is 2. The molecule has 6 nitrogen and oxygen atoms in total. The summed E-state index contributed by atoms with van der Waals surface area (Å²) < 4.78 is 13.1. The topological polar surface area (TPSA) is 113 Å². The van der Waals surface area contributed by atoms with Gasteiger partial charge >= 0.3 is 0 Å². The number of amides is 2. The van der Waals surface area contributed by atoms with Crippen molar-refractivity contribution in [3.05, 3.63) is 0 Å². The summed E-state index contributed by atoms with van der Waals surface area (Å²) >= 11 is 0. The fourth-order valence-electron chi connectivity index (χ4n) is 1.78. The fourth-order valence-corrected chi connectivity index (χ4v) is 1.78. The van der Waals surface area contributed by atoms with Crippen LogP contribution in [0.15, 0.2) is 0 Å². The summed E-state index contributed by atoms with van der Waals surface area (Å²) in [5.41, 5.74) is 10.5. The van der Waals surface area contributed by atoms with E-state index in [1.54, 1.807) is 0 Å². The maximum absolute atomic E-state index is 13.1. The van der Waals surface area contributed by atoms with E-state index >= 15 is 0 Å². The summed E-state index contributed by atoms with van der Waals surface area (Å²) in [6, 6.07) is 0.183. The molecule has 0 aliphatic carbocycles. The number of primary amides is 1. The third-order valence-electron chi connectivity index (χ3n) is 2.70. The summed E-state index contributed by atoms with van der Waals surface area (Å²) in [4.78, 5) is 23.5. The first kappa shape index (κ1) is 13.4. The molecule has 1 rings (SSSR count). The lowest BCUT2D eigenvalue weighted by atomic mass is 10.1. The molecule has 0 saturated carbocycles. The van der Waals surface area contributed by atoms with Gasteiger partial charge in [-0.3, -0.25) is 9.59 Å². The second-order valence-corrected chi connectivity index (χ2v) is 4.08. The smallest absolute Gasteiger partial charge is 0.240 e. The first-order valence-electron chi connectivity index (χ1n) is 5.33. The van der Waals surface area contributed by atoms with Gasteiger partial charge < -0.3 is 16.4 Å². The molecule has 1 aliphatic rings. The highest BCUT2D eigenvalue weighted by atomic mass is 19.1. The zero-order valence-electron chi connectivity index (χ0n) is 9.30. The van der Waals surface area contributed by atoms with E-state index in [0.29, 0.717) is 0 Å². The molecule has 3 atom stereocenters. The Bertz CT molecular complexity index is 355. The van der Waals surface area contributed by atoms with Crippen molar-refractivity contribution >= 4 is 11.8 Å². The largest absolute Gasteiger partial charge is 0.370 e. The Morgan fingerprint density at radius 3 is 2.76 bits per heavy atom. The molecule has 1 saturated heterocycles. The molecule has 1 heterocycles. The Balaban J connectivity index is 2.57. The summed E-state index contributed by atoms with van der Waals surface area (Å²) in [5, 5.41) is 8.78. The lowest BCUT2D eigenvalue weighted by Gasteiger charge is -2.22. The highest BCUT2D eigenvalue weighted by Crippen LogP contribution is 2.20. The molecule has 0 unspecified atom stereocenters. The maximum Gasteiger partial charge on any atom is 0.240 e. The average molecular weight is 242 g/mol. The SMILES string of the molecule is N#C[C@@H]1C[C@H](F)CN1C(=O)[C@@H](N)CCC(N)=O. The first-order chi connectivity index (χ1) is 7.95. The molecule has 94 valence electrons. The van der Waals surface area contributed by atoms with Crippen molar-refractivity contribution in [3.8, 4) is 6.07 Å². The molecular weight excluding hydrogens is 227 g/mol. The Morgan fingerprint density at radius 1 is 1.59 bits per heavy atom. The number of nitrogens with two attached hydrogens (primary N) is 2. The standard InChI is InChI=1S/C10H15FN4O2/c11-6-3-7(4-12)15(5-6)10(17)8(13)1-2-9(14)16/h6-8H,1-3,5,13H2,(H2,14,16)/t6-,7-,8-/m0/s1. The monoisotopic (exact) mass is 242 g/mol. The van der Waals surface area contributed by atoms with Gasteiger partial charge in [-0.25, -0.2) is 4.39 Å². The molecule has 1 fully saturated rings. The van der Waals surface area contributed by atoms with Crippen LogP contribution in [0.4, 0.5) is 4.39 Å². The van der Waals surface area contributed by atoms with E-state index in [9.17, 15) is 14.0 Å². The number of hydrogen-bond donors (Lipinski definition) is 2. The number of alkyl halides is 1. The van der Waals surface area contributed by atoms with Crippen molar-refractivity contribution < 1.29 is 14.0 Å². The van der Waals surface area contributed by atoms with E-state index in [1.165, 1.54) is 0 Å². The van der Waals surface area contributed by atoms with Crippen molar-refractivity contribution in [1.82, 2.24) is 4.90 Å². The van der Waals surface area contributed by atoms with Gasteiger partial charge in [0.15, 0.2) is 0 Å². The minimum Gasteiger partial charge on any atom is -0.370 e. The molecule has 2 amide bonds. The van der Waals surface area contributed by atoms with Crippen LogP contribution in [0.5, 0.6) is 0 Å². The predicted molar refractivity (Wildman–Crippen MR) is 57.0 cm³/mol. The Morgan fingerprint density at radius 2 is 2.24 bits per heavy atom. The molecule has 7 heteroatoms. The molecule has 0 aromatic carbocycles. The van der Waals surface area contributed by atoms with E-state index in [2.05, 4.69) is 0 Å². The normalized spacial score (nSPS) is 25.4. The van der Waals surface area contributed by atoms with Crippen molar-refractivity contribution in [1.29, 1.82) is 5.26 Å². The van der Waals surface area contributed by atoms with Crippen molar-refractivity contribution in [2.45, 2.75) is 37.5 Å². The van der Waals surface area contributed by atoms with Gasteiger partial charge in [0.2, 0.25) is 11.8 Å². The van der Waals surface area contributed by atoms with E-state index in [1.807, 2.05) is 6.07 Å². The van der Waals surface area contributed by atoms with Gasteiger partial charge in [-0.1, -0.05) is 0 Å². The zero-order chi connectivity index (χ0) is 13.0. The van der Waals surface area contributed by atoms with Crippen molar-refractivity contribution in [3.63, 3.8) is 0 Å². The van der Waals surface area contributed by atoms with E-state index in [-0.39, 0.29) is 25.8 Å². The van der Waals surface area contributed by atoms with Gasteiger partial charge in [0.25, 0.3) is 0 Å². The molecule has 17 heavy (non-hydrogen) atoms. The lowest BCUT2D eigenvalue weighted by Crippen LogP contribution is -2.46. The average Bonchev–Trinajstić information content (AvgIpc) is 2.66. The molecule has 4 N–H and O–H groups in total. The van der Waals surface area contributed by atoms with Crippen LogP contribution in [0.25, 0.3) is 0 Å². The molecule has 0 radical (unpaired) electrons. The highest BCUT2D eigenvalue weighted by Gasteiger charge is 2.37. The predicted octanol–water partition coefficient (Wildman–Crippen LogP) is -0.958. The number of rotatable bonds is 4. The molecule has 0 spiro atoms. The van der Waals surface area contributed by atoms with Crippen LogP contribution < -0.4 is 11.5 Å².